The van der Waals surface area contributed by atoms with Gasteiger partial charge in [0.05, 0.1) is 16.8 Å². The number of carbonyl (C=O) groups is 1. The molecule has 3 aliphatic rings. The molecule has 7 rings (SSSR count). The van der Waals surface area contributed by atoms with Gasteiger partial charge in [0, 0.05) is 97.7 Å². The average molecular weight is 573 g/mol. The Morgan fingerprint density at radius 2 is 1.98 bits per heavy atom. The van der Waals surface area contributed by atoms with Crippen LogP contribution < -0.4 is 15.6 Å². The number of halogens is 2. The van der Waals surface area contributed by atoms with Gasteiger partial charge in [0.15, 0.2) is 11.6 Å². The fourth-order valence-electron chi connectivity index (χ4n) is 7.22. The third kappa shape index (κ3) is 3.69. The normalized spacial score (nSPS) is 20.5. The minimum atomic E-state index is -1.32. The highest BCUT2D eigenvalue weighted by Gasteiger charge is 2.58. The molecule has 0 bridgehead atoms. The van der Waals surface area contributed by atoms with E-state index in [0.717, 1.165) is 31.6 Å². The number of nitrogens with zero attached hydrogens (tertiary/aromatic N) is 5. The third-order valence-electron chi connectivity index (χ3n) is 9.35. The van der Waals surface area contributed by atoms with Crippen molar-refractivity contribution >= 4 is 28.4 Å². The number of carboxylic acid groups (broad SMARTS) is 1. The van der Waals surface area contributed by atoms with E-state index in [1.54, 1.807) is 32.6 Å². The Labute approximate surface area is 240 Å². The van der Waals surface area contributed by atoms with Crippen molar-refractivity contribution in [3.05, 3.63) is 69.4 Å². The third-order valence-corrected chi connectivity index (χ3v) is 9.35. The van der Waals surface area contributed by atoms with Crippen molar-refractivity contribution in [3.63, 3.8) is 0 Å². The highest BCUT2D eigenvalue weighted by Crippen LogP contribution is 2.58. The number of carboxylic acids is 1. The van der Waals surface area contributed by atoms with Gasteiger partial charge in [-0.2, -0.15) is 0 Å². The van der Waals surface area contributed by atoms with E-state index in [1.807, 2.05) is 0 Å². The van der Waals surface area contributed by atoms with Gasteiger partial charge in [0.25, 0.3) is 0 Å². The number of hydrogen-bond acceptors (Lipinski definition) is 7. The lowest BCUT2D eigenvalue weighted by Crippen LogP contribution is -2.26. The molecule has 1 unspecified atom stereocenters. The van der Waals surface area contributed by atoms with Crippen LogP contribution in [0.1, 0.15) is 34.5 Å². The first kappa shape index (κ1) is 26.5. The number of pyridine rings is 3. The standard InChI is InChI=1S/C31H30F2N6O3/c1-34-21-9-20(32)26(33)24-16(21)8-22-25(24)27(39-6-5-31(14-39)10-23(31)37(2)3)18(12-35-22)15-7-17-28(40)19(30(41)42)13-38(4)29(17)36-11-15/h7,9,11-13,23,34H,5-6,8,10,14H2,1-4H3,(H,41,42)/t23-,31?/m1/s1. The molecule has 2 atom stereocenters. The Balaban J connectivity index is 1.48. The maximum Gasteiger partial charge on any atom is 0.341 e. The molecule has 1 spiro atoms. The van der Waals surface area contributed by atoms with Crippen LogP contribution in [0.25, 0.3) is 33.3 Å². The van der Waals surface area contributed by atoms with Crippen LogP contribution in [0.5, 0.6) is 0 Å². The van der Waals surface area contributed by atoms with E-state index >= 15 is 4.39 Å². The second-order valence-corrected chi connectivity index (χ2v) is 11.9. The van der Waals surface area contributed by atoms with Gasteiger partial charge in [-0.1, -0.05) is 0 Å². The van der Waals surface area contributed by atoms with Crippen molar-refractivity contribution in [1.29, 1.82) is 0 Å². The molecule has 42 heavy (non-hydrogen) atoms. The van der Waals surface area contributed by atoms with E-state index in [4.69, 9.17) is 4.98 Å². The number of nitrogens with one attached hydrogen (secondary N) is 1. The highest BCUT2D eigenvalue weighted by atomic mass is 19.2. The number of fused-ring (bicyclic) bond motifs is 4. The number of benzene rings is 1. The van der Waals surface area contributed by atoms with Crippen molar-refractivity contribution in [1.82, 2.24) is 19.4 Å². The van der Waals surface area contributed by atoms with Crippen molar-refractivity contribution in [2.45, 2.75) is 25.3 Å². The van der Waals surface area contributed by atoms with Crippen LogP contribution >= 0.6 is 0 Å². The highest BCUT2D eigenvalue weighted by molar-refractivity contribution is 5.98. The zero-order valence-corrected chi connectivity index (χ0v) is 23.8. The van der Waals surface area contributed by atoms with Gasteiger partial charge in [-0.15, -0.1) is 0 Å². The summed E-state index contributed by atoms with van der Waals surface area (Å²) in [5, 5.41) is 12.8. The zero-order valence-electron chi connectivity index (χ0n) is 23.8. The largest absolute Gasteiger partial charge is 0.477 e. The summed E-state index contributed by atoms with van der Waals surface area (Å²) in [6, 6.07) is 3.25. The Morgan fingerprint density at radius 3 is 2.67 bits per heavy atom. The molecule has 9 nitrogen and oxygen atoms in total. The predicted octanol–water partition coefficient (Wildman–Crippen LogP) is 4.12. The minimum Gasteiger partial charge on any atom is -0.477 e. The van der Waals surface area contributed by atoms with Crippen LogP contribution in [0.4, 0.5) is 20.2 Å². The summed E-state index contributed by atoms with van der Waals surface area (Å²) in [6.45, 7) is 1.47. The molecule has 4 heterocycles. The summed E-state index contributed by atoms with van der Waals surface area (Å²) in [7, 11) is 7.48. The lowest BCUT2D eigenvalue weighted by atomic mass is 9.97. The van der Waals surface area contributed by atoms with Crippen LogP contribution in [0.3, 0.4) is 0 Å². The van der Waals surface area contributed by atoms with E-state index in [9.17, 15) is 19.1 Å². The number of aromatic nitrogens is 3. The van der Waals surface area contributed by atoms with Crippen molar-refractivity contribution in [3.8, 4) is 22.3 Å². The number of aromatic carboxylic acids is 1. The molecule has 0 radical (unpaired) electrons. The van der Waals surface area contributed by atoms with Crippen molar-refractivity contribution in [2.24, 2.45) is 12.5 Å². The summed E-state index contributed by atoms with van der Waals surface area (Å²) in [4.78, 5) is 38.7. The zero-order chi connectivity index (χ0) is 29.7. The molecule has 2 N–H and O–H groups in total. The second kappa shape index (κ2) is 9.06. The topological polar surface area (TPSA) is 104 Å². The predicted molar refractivity (Wildman–Crippen MR) is 156 cm³/mol. The lowest BCUT2D eigenvalue weighted by molar-refractivity contribution is 0.0695. The first-order chi connectivity index (χ1) is 20.0. The fraction of sp³-hybridized carbons (Fsp3) is 0.355. The Bertz CT molecular complexity index is 1900. The summed E-state index contributed by atoms with van der Waals surface area (Å²) in [5.74, 6) is -3.17. The number of anilines is 2. The van der Waals surface area contributed by atoms with E-state index in [-0.39, 0.29) is 21.9 Å². The summed E-state index contributed by atoms with van der Waals surface area (Å²) in [6.07, 6.45) is 6.97. The minimum absolute atomic E-state index is 0.114. The maximum absolute atomic E-state index is 15.7. The second-order valence-electron chi connectivity index (χ2n) is 11.9. The van der Waals surface area contributed by atoms with Crippen molar-refractivity contribution in [2.75, 3.05) is 44.4 Å². The van der Waals surface area contributed by atoms with E-state index in [0.29, 0.717) is 51.7 Å². The fourth-order valence-corrected chi connectivity index (χ4v) is 7.22. The smallest absolute Gasteiger partial charge is 0.341 e. The van der Waals surface area contributed by atoms with Crippen molar-refractivity contribution < 1.29 is 18.7 Å². The molecular weight excluding hydrogens is 542 g/mol. The van der Waals surface area contributed by atoms with E-state index < -0.39 is 23.0 Å². The van der Waals surface area contributed by atoms with E-state index in [1.165, 1.54) is 16.8 Å². The average Bonchev–Trinajstić information content (AvgIpc) is 3.30. The van der Waals surface area contributed by atoms with Crippen LogP contribution in [-0.2, 0) is 13.5 Å². The summed E-state index contributed by atoms with van der Waals surface area (Å²) >= 11 is 0. The molecule has 11 heteroatoms. The Hall–Kier alpha value is -4.38. The van der Waals surface area contributed by atoms with Crippen LogP contribution in [-0.4, -0.2) is 70.8 Å². The molecule has 1 aliphatic heterocycles. The Morgan fingerprint density at radius 1 is 1.19 bits per heavy atom. The van der Waals surface area contributed by atoms with Gasteiger partial charge in [-0.05, 0) is 38.6 Å². The van der Waals surface area contributed by atoms with Crippen LogP contribution in [0.15, 0.2) is 35.5 Å². The molecule has 1 aromatic carbocycles. The molecular formula is C31H30F2N6O3. The molecule has 3 aromatic heterocycles. The quantitative estimate of drug-likeness (QED) is 0.324. The SMILES string of the molecule is CNc1cc(F)c(F)c2c1Cc1ncc(-c3cnc4c(c3)c(=O)c(C(=O)O)cn4C)c(N3CCC4(C[C@H]4N(C)C)C3)c1-2. The van der Waals surface area contributed by atoms with Gasteiger partial charge in [-0.25, -0.2) is 18.6 Å². The Kier molecular flexibility index (Phi) is 5.72. The first-order valence-corrected chi connectivity index (χ1v) is 13.9. The van der Waals surface area contributed by atoms with E-state index in [2.05, 4.69) is 34.2 Å². The van der Waals surface area contributed by atoms with Crippen LogP contribution in [0.2, 0.25) is 0 Å². The molecule has 2 aliphatic carbocycles. The van der Waals surface area contributed by atoms with Gasteiger partial charge in [0.2, 0.25) is 5.43 Å². The lowest BCUT2D eigenvalue weighted by Gasteiger charge is -2.26. The molecule has 216 valence electrons. The number of aryl methyl sites for hydroxylation is 1. The molecule has 4 aromatic rings. The van der Waals surface area contributed by atoms with Gasteiger partial charge >= 0.3 is 5.97 Å². The molecule has 1 saturated carbocycles. The van der Waals surface area contributed by atoms with Crippen LogP contribution in [0, 0.1) is 17.0 Å². The van der Waals surface area contributed by atoms with Gasteiger partial charge < -0.3 is 24.8 Å². The summed E-state index contributed by atoms with van der Waals surface area (Å²) < 4.78 is 32.1. The molecule has 1 saturated heterocycles. The summed E-state index contributed by atoms with van der Waals surface area (Å²) in [5.41, 5.74) is 3.97. The first-order valence-electron chi connectivity index (χ1n) is 13.9. The van der Waals surface area contributed by atoms with Gasteiger partial charge in [-0.3, -0.25) is 9.78 Å². The molecule has 0 amide bonds. The van der Waals surface area contributed by atoms with Gasteiger partial charge in [0.1, 0.15) is 11.2 Å². The monoisotopic (exact) mass is 572 g/mol. The number of rotatable bonds is 5. The molecule has 2 fully saturated rings. The number of hydrogen-bond donors (Lipinski definition) is 2. The maximum atomic E-state index is 15.7.